The first-order valence-electron chi connectivity index (χ1n) is 6.40. The van der Waals surface area contributed by atoms with Gasteiger partial charge in [0.05, 0.1) is 0 Å². The molecule has 0 saturated heterocycles. The monoisotopic (exact) mass is 211 g/mol. The first kappa shape index (κ1) is 10.9. The molecule has 0 aromatic rings. The molecule has 0 bridgehead atoms. The minimum Gasteiger partial charge on any atom is -0.264 e. The second-order valence-electron chi connectivity index (χ2n) is 5.26. The Bertz CT molecular complexity index is 228. The van der Waals surface area contributed by atoms with Crippen molar-refractivity contribution < 1.29 is 4.92 Å². The topological polar surface area (TPSA) is 43.1 Å². The van der Waals surface area contributed by atoms with Gasteiger partial charge in [-0.15, -0.1) is 0 Å². The van der Waals surface area contributed by atoms with Crippen LogP contribution >= 0.6 is 0 Å². The summed E-state index contributed by atoms with van der Waals surface area (Å²) in [5, 5.41) is 11.4. The predicted molar refractivity (Wildman–Crippen MR) is 59.4 cm³/mol. The summed E-state index contributed by atoms with van der Waals surface area (Å²) in [7, 11) is 0. The zero-order valence-electron chi connectivity index (χ0n) is 9.41. The molecule has 2 rings (SSSR count). The highest BCUT2D eigenvalue weighted by Gasteiger charge is 2.50. The molecule has 0 aromatic carbocycles. The smallest absolute Gasteiger partial charge is 0.225 e. The van der Waals surface area contributed by atoms with Crippen LogP contribution in [-0.4, -0.2) is 10.5 Å². The van der Waals surface area contributed by atoms with Gasteiger partial charge < -0.3 is 0 Å². The Hall–Kier alpha value is -0.600. The maximum atomic E-state index is 11.4. The normalized spacial score (nSPS) is 27.5. The lowest BCUT2D eigenvalue weighted by Gasteiger charge is -2.37. The van der Waals surface area contributed by atoms with E-state index in [2.05, 4.69) is 0 Å². The van der Waals surface area contributed by atoms with Gasteiger partial charge in [0.25, 0.3) is 0 Å². The van der Waals surface area contributed by atoms with Crippen molar-refractivity contribution in [2.45, 2.75) is 69.7 Å². The van der Waals surface area contributed by atoms with Crippen LogP contribution in [0.15, 0.2) is 0 Å². The minimum absolute atomic E-state index is 0.0716. The van der Waals surface area contributed by atoms with Crippen LogP contribution in [0.2, 0.25) is 0 Å². The molecule has 0 atom stereocenters. The van der Waals surface area contributed by atoms with Crippen molar-refractivity contribution in [1.29, 1.82) is 0 Å². The molecule has 0 spiro atoms. The standard InChI is InChI=1S/C12H21NO2/c14-13(15)12(9-5-2-6-10-12)11-7-3-1-4-8-11/h11H,1-10H2. The highest BCUT2D eigenvalue weighted by molar-refractivity contribution is 4.91. The van der Waals surface area contributed by atoms with Gasteiger partial charge in [-0.05, 0) is 25.7 Å². The van der Waals surface area contributed by atoms with Gasteiger partial charge in [-0.25, -0.2) is 0 Å². The van der Waals surface area contributed by atoms with E-state index >= 15 is 0 Å². The lowest BCUT2D eigenvalue weighted by molar-refractivity contribution is -0.587. The van der Waals surface area contributed by atoms with E-state index in [0.717, 1.165) is 38.5 Å². The summed E-state index contributed by atoms with van der Waals surface area (Å²) in [5.74, 6) is 0.376. The van der Waals surface area contributed by atoms with Crippen molar-refractivity contribution in [3.63, 3.8) is 0 Å². The number of rotatable bonds is 2. The molecule has 0 N–H and O–H groups in total. The highest BCUT2D eigenvalue weighted by atomic mass is 16.6. The second kappa shape index (κ2) is 4.50. The molecule has 0 amide bonds. The third-order valence-electron chi connectivity index (χ3n) is 4.45. The van der Waals surface area contributed by atoms with Crippen molar-refractivity contribution in [3.8, 4) is 0 Å². The number of nitrogens with zero attached hydrogens (tertiary/aromatic N) is 1. The average molecular weight is 211 g/mol. The van der Waals surface area contributed by atoms with E-state index in [4.69, 9.17) is 0 Å². The van der Waals surface area contributed by atoms with E-state index in [1.807, 2.05) is 0 Å². The van der Waals surface area contributed by atoms with Gasteiger partial charge in [0, 0.05) is 23.7 Å². The molecular weight excluding hydrogens is 190 g/mol. The molecule has 3 nitrogen and oxygen atoms in total. The molecule has 0 aromatic heterocycles. The quantitative estimate of drug-likeness (QED) is 0.518. The molecule has 3 heteroatoms. The maximum absolute atomic E-state index is 11.4. The largest absolute Gasteiger partial charge is 0.264 e. The first-order chi connectivity index (χ1) is 7.26. The molecular formula is C12H21NO2. The molecule has 15 heavy (non-hydrogen) atoms. The van der Waals surface area contributed by atoms with Crippen LogP contribution in [0.5, 0.6) is 0 Å². The molecule has 2 aliphatic carbocycles. The van der Waals surface area contributed by atoms with Gasteiger partial charge in [0.15, 0.2) is 0 Å². The molecule has 0 aliphatic heterocycles. The van der Waals surface area contributed by atoms with Gasteiger partial charge in [-0.2, -0.15) is 0 Å². The lowest BCUT2D eigenvalue weighted by Crippen LogP contribution is -2.47. The molecule has 0 heterocycles. The molecule has 86 valence electrons. The van der Waals surface area contributed by atoms with Gasteiger partial charge in [-0.1, -0.05) is 25.7 Å². The fourth-order valence-corrected chi connectivity index (χ4v) is 3.54. The van der Waals surface area contributed by atoms with Crippen LogP contribution in [0.3, 0.4) is 0 Å². The SMILES string of the molecule is O=[N+]([O-])C1(C2CCCCC2)CCCCC1. The zero-order chi connectivity index (χ0) is 10.7. The van der Waals surface area contributed by atoms with Crippen LogP contribution in [0.1, 0.15) is 64.2 Å². The molecule has 2 saturated carbocycles. The van der Waals surface area contributed by atoms with Gasteiger partial charge in [0.1, 0.15) is 0 Å². The van der Waals surface area contributed by atoms with E-state index < -0.39 is 5.54 Å². The Balaban J connectivity index is 2.12. The van der Waals surface area contributed by atoms with Crippen molar-refractivity contribution in [3.05, 3.63) is 10.1 Å². The van der Waals surface area contributed by atoms with E-state index in [-0.39, 0.29) is 4.92 Å². The van der Waals surface area contributed by atoms with Gasteiger partial charge in [-0.3, -0.25) is 10.1 Å². The molecule has 0 radical (unpaired) electrons. The Morgan fingerprint density at radius 1 is 0.933 bits per heavy atom. The molecule has 2 fully saturated rings. The first-order valence-corrected chi connectivity index (χ1v) is 6.40. The van der Waals surface area contributed by atoms with Crippen LogP contribution < -0.4 is 0 Å². The number of hydrogen-bond donors (Lipinski definition) is 0. The van der Waals surface area contributed by atoms with E-state index in [1.54, 1.807) is 0 Å². The fraction of sp³-hybridized carbons (Fsp3) is 1.00. The summed E-state index contributed by atoms with van der Waals surface area (Å²) >= 11 is 0. The second-order valence-corrected chi connectivity index (χ2v) is 5.26. The summed E-state index contributed by atoms with van der Waals surface area (Å²) in [6.45, 7) is 0. The summed E-state index contributed by atoms with van der Waals surface area (Å²) in [6, 6.07) is 0. The van der Waals surface area contributed by atoms with E-state index in [1.165, 1.54) is 25.7 Å². The van der Waals surface area contributed by atoms with Crippen LogP contribution in [-0.2, 0) is 0 Å². The Kier molecular flexibility index (Phi) is 3.27. The Morgan fingerprint density at radius 2 is 1.47 bits per heavy atom. The highest BCUT2D eigenvalue weighted by Crippen LogP contribution is 2.43. The van der Waals surface area contributed by atoms with Crippen LogP contribution in [0, 0.1) is 16.0 Å². The number of nitro groups is 1. The van der Waals surface area contributed by atoms with Crippen molar-refractivity contribution in [2.24, 2.45) is 5.92 Å². The summed E-state index contributed by atoms with van der Waals surface area (Å²) in [6.07, 6.45) is 10.9. The minimum atomic E-state index is -0.529. The fourth-order valence-electron chi connectivity index (χ4n) is 3.54. The van der Waals surface area contributed by atoms with Crippen molar-refractivity contribution in [2.75, 3.05) is 0 Å². The third-order valence-corrected chi connectivity index (χ3v) is 4.45. The lowest BCUT2D eigenvalue weighted by atomic mass is 9.68. The summed E-state index contributed by atoms with van der Waals surface area (Å²) < 4.78 is 0. The molecule has 2 aliphatic rings. The zero-order valence-corrected chi connectivity index (χ0v) is 9.41. The van der Waals surface area contributed by atoms with Gasteiger partial charge in [0.2, 0.25) is 5.54 Å². The average Bonchev–Trinajstić information content (AvgIpc) is 2.31. The number of hydrogen-bond acceptors (Lipinski definition) is 2. The van der Waals surface area contributed by atoms with Crippen LogP contribution in [0.25, 0.3) is 0 Å². The van der Waals surface area contributed by atoms with Crippen molar-refractivity contribution >= 4 is 0 Å². The third kappa shape index (κ3) is 2.01. The Labute approximate surface area is 91.4 Å². The Morgan fingerprint density at radius 3 is 2.00 bits per heavy atom. The van der Waals surface area contributed by atoms with Gasteiger partial charge >= 0.3 is 0 Å². The van der Waals surface area contributed by atoms with E-state index in [0.29, 0.717) is 5.92 Å². The molecule has 0 unspecified atom stereocenters. The summed E-state index contributed by atoms with van der Waals surface area (Å²) in [4.78, 5) is 11.5. The maximum Gasteiger partial charge on any atom is 0.225 e. The van der Waals surface area contributed by atoms with Crippen LogP contribution in [0.4, 0.5) is 0 Å². The predicted octanol–water partition coefficient (Wildman–Crippen LogP) is 3.55. The summed E-state index contributed by atoms with van der Waals surface area (Å²) in [5.41, 5.74) is -0.529. The van der Waals surface area contributed by atoms with Crippen molar-refractivity contribution in [1.82, 2.24) is 0 Å². The van der Waals surface area contributed by atoms with E-state index in [9.17, 15) is 10.1 Å².